The number of hydrogen-bond donors (Lipinski definition) is 2. The number of hydrogen-bond acceptors (Lipinski definition) is 4. The SMILES string of the molecule is CC(C)CNS(=O)(=O)c1ccc(OCC(=O)NCCc2ccccc2)c(Cl)c1. The first-order valence-corrected chi connectivity index (χ1v) is 10.9. The van der Waals surface area contributed by atoms with Gasteiger partial charge in [-0.25, -0.2) is 13.1 Å². The van der Waals surface area contributed by atoms with E-state index in [0.29, 0.717) is 13.1 Å². The lowest BCUT2D eigenvalue weighted by molar-refractivity contribution is -0.123. The zero-order valence-corrected chi connectivity index (χ0v) is 17.5. The van der Waals surface area contributed by atoms with E-state index in [1.165, 1.54) is 18.2 Å². The molecular formula is C20H25ClN2O4S. The van der Waals surface area contributed by atoms with Crippen LogP contribution in [0.1, 0.15) is 19.4 Å². The molecule has 0 aliphatic rings. The maximum Gasteiger partial charge on any atom is 0.257 e. The van der Waals surface area contributed by atoms with Gasteiger partial charge in [0.2, 0.25) is 10.0 Å². The van der Waals surface area contributed by atoms with E-state index in [0.717, 1.165) is 12.0 Å². The molecule has 152 valence electrons. The van der Waals surface area contributed by atoms with E-state index in [-0.39, 0.29) is 34.1 Å². The summed E-state index contributed by atoms with van der Waals surface area (Å²) < 4.78 is 32.4. The molecule has 0 bridgehead atoms. The molecule has 2 aromatic carbocycles. The Balaban J connectivity index is 1.84. The second kappa shape index (κ2) is 10.5. The van der Waals surface area contributed by atoms with Gasteiger partial charge in [-0.15, -0.1) is 0 Å². The molecular weight excluding hydrogens is 400 g/mol. The molecule has 0 aromatic heterocycles. The minimum Gasteiger partial charge on any atom is -0.482 e. The maximum absolute atomic E-state index is 12.2. The molecule has 2 N–H and O–H groups in total. The molecule has 0 aliphatic heterocycles. The first-order valence-electron chi connectivity index (χ1n) is 9.00. The fourth-order valence-corrected chi connectivity index (χ4v) is 3.85. The monoisotopic (exact) mass is 424 g/mol. The molecule has 0 radical (unpaired) electrons. The Kier molecular flexibility index (Phi) is 8.29. The summed E-state index contributed by atoms with van der Waals surface area (Å²) in [6.07, 6.45) is 0.725. The number of rotatable bonds is 10. The lowest BCUT2D eigenvalue weighted by Gasteiger charge is -2.12. The molecule has 8 heteroatoms. The Morgan fingerprint density at radius 3 is 2.50 bits per heavy atom. The number of carbonyl (C=O) groups excluding carboxylic acids is 1. The molecule has 0 saturated carbocycles. The van der Waals surface area contributed by atoms with Gasteiger partial charge in [0.05, 0.1) is 9.92 Å². The number of benzene rings is 2. The van der Waals surface area contributed by atoms with Gasteiger partial charge in [-0.2, -0.15) is 0 Å². The fraction of sp³-hybridized carbons (Fsp3) is 0.350. The van der Waals surface area contributed by atoms with Crippen molar-refractivity contribution in [2.45, 2.75) is 25.2 Å². The van der Waals surface area contributed by atoms with Crippen molar-refractivity contribution in [2.24, 2.45) is 5.92 Å². The number of sulfonamides is 1. The first kappa shape index (κ1) is 22.2. The van der Waals surface area contributed by atoms with Crippen LogP contribution in [-0.2, 0) is 21.2 Å². The van der Waals surface area contributed by atoms with Gasteiger partial charge in [-0.3, -0.25) is 4.79 Å². The number of nitrogens with one attached hydrogen (secondary N) is 2. The van der Waals surface area contributed by atoms with Gasteiger partial charge < -0.3 is 10.1 Å². The summed E-state index contributed by atoms with van der Waals surface area (Å²) in [5.74, 6) is 0.165. The van der Waals surface area contributed by atoms with Crippen molar-refractivity contribution in [1.29, 1.82) is 0 Å². The van der Waals surface area contributed by atoms with E-state index in [4.69, 9.17) is 16.3 Å². The molecule has 2 aromatic rings. The molecule has 2 rings (SSSR count). The van der Waals surface area contributed by atoms with Crippen molar-refractivity contribution in [3.63, 3.8) is 0 Å². The van der Waals surface area contributed by atoms with Crippen LogP contribution in [0.5, 0.6) is 5.75 Å². The first-order chi connectivity index (χ1) is 13.3. The van der Waals surface area contributed by atoms with E-state index in [1.807, 2.05) is 44.2 Å². The Hall–Kier alpha value is -2.09. The van der Waals surface area contributed by atoms with Crippen LogP contribution < -0.4 is 14.8 Å². The average Bonchev–Trinajstić information content (AvgIpc) is 2.66. The van der Waals surface area contributed by atoms with Crippen LogP contribution in [0, 0.1) is 5.92 Å². The predicted molar refractivity (Wildman–Crippen MR) is 110 cm³/mol. The predicted octanol–water partition coefficient (Wildman–Crippen LogP) is 3.01. The summed E-state index contributed by atoms with van der Waals surface area (Å²) in [6.45, 7) is 4.46. The van der Waals surface area contributed by atoms with Gasteiger partial charge in [0.1, 0.15) is 5.75 Å². The third-order valence-electron chi connectivity index (χ3n) is 3.83. The number of carbonyl (C=O) groups is 1. The van der Waals surface area contributed by atoms with Crippen molar-refractivity contribution in [2.75, 3.05) is 19.7 Å². The van der Waals surface area contributed by atoms with Gasteiger partial charge in [0, 0.05) is 13.1 Å². The van der Waals surface area contributed by atoms with E-state index in [2.05, 4.69) is 10.0 Å². The molecule has 0 atom stereocenters. The summed E-state index contributed by atoms with van der Waals surface area (Å²) in [5, 5.41) is 2.90. The minimum absolute atomic E-state index is 0.0535. The number of halogens is 1. The van der Waals surface area contributed by atoms with Crippen molar-refractivity contribution in [1.82, 2.24) is 10.0 Å². The van der Waals surface area contributed by atoms with Crippen LogP contribution >= 0.6 is 11.6 Å². The summed E-state index contributed by atoms with van der Waals surface area (Å²) in [5.41, 5.74) is 1.13. The van der Waals surface area contributed by atoms with Crippen LogP contribution in [0.3, 0.4) is 0 Å². The molecule has 0 spiro atoms. The Labute approximate surface area is 171 Å². The topological polar surface area (TPSA) is 84.5 Å². The highest BCUT2D eigenvalue weighted by Gasteiger charge is 2.16. The van der Waals surface area contributed by atoms with Crippen molar-refractivity contribution >= 4 is 27.5 Å². The standard InChI is InChI=1S/C20H25ClN2O4S/c1-15(2)13-23-28(25,26)17-8-9-19(18(21)12-17)27-14-20(24)22-11-10-16-6-4-3-5-7-16/h3-9,12,15,23H,10-11,13-14H2,1-2H3,(H,22,24). The van der Waals surface area contributed by atoms with Crippen molar-refractivity contribution in [3.8, 4) is 5.75 Å². The highest BCUT2D eigenvalue weighted by atomic mass is 35.5. The van der Waals surface area contributed by atoms with E-state index in [9.17, 15) is 13.2 Å². The molecule has 0 saturated heterocycles. The van der Waals surface area contributed by atoms with E-state index < -0.39 is 10.0 Å². The van der Waals surface area contributed by atoms with Crippen LogP contribution in [0.25, 0.3) is 0 Å². The maximum atomic E-state index is 12.2. The van der Waals surface area contributed by atoms with Gasteiger partial charge in [0.15, 0.2) is 6.61 Å². The molecule has 0 heterocycles. The van der Waals surface area contributed by atoms with Crippen LogP contribution in [-0.4, -0.2) is 34.0 Å². The average molecular weight is 425 g/mol. The van der Waals surface area contributed by atoms with Crippen LogP contribution in [0.4, 0.5) is 0 Å². The highest BCUT2D eigenvalue weighted by Crippen LogP contribution is 2.27. The molecule has 0 fully saturated rings. The second-order valence-corrected chi connectivity index (χ2v) is 8.89. The number of amides is 1. The minimum atomic E-state index is -3.63. The van der Waals surface area contributed by atoms with Crippen molar-refractivity contribution in [3.05, 3.63) is 59.1 Å². The molecule has 0 aliphatic carbocycles. The third-order valence-corrected chi connectivity index (χ3v) is 5.55. The van der Waals surface area contributed by atoms with Gasteiger partial charge >= 0.3 is 0 Å². The van der Waals surface area contributed by atoms with E-state index >= 15 is 0 Å². The molecule has 0 unspecified atom stereocenters. The molecule has 28 heavy (non-hydrogen) atoms. The summed E-state index contributed by atoms with van der Waals surface area (Å²) in [4.78, 5) is 12.0. The molecule has 6 nitrogen and oxygen atoms in total. The zero-order chi connectivity index (χ0) is 20.6. The van der Waals surface area contributed by atoms with Crippen LogP contribution in [0.15, 0.2) is 53.4 Å². The lowest BCUT2D eigenvalue weighted by Crippen LogP contribution is -2.30. The highest BCUT2D eigenvalue weighted by molar-refractivity contribution is 7.89. The van der Waals surface area contributed by atoms with Crippen LogP contribution in [0.2, 0.25) is 5.02 Å². The van der Waals surface area contributed by atoms with Crippen molar-refractivity contribution < 1.29 is 17.9 Å². The quantitative estimate of drug-likeness (QED) is 0.614. The van der Waals surface area contributed by atoms with Gasteiger partial charge in [0.25, 0.3) is 5.91 Å². The third kappa shape index (κ3) is 7.14. The summed E-state index contributed by atoms with van der Waals surface area (Å²) in [7, 11) is -3.63. The fourth-order valence-electron chi connectivity index (χ4n) is 2.31. The smallest absolute Gasteiger partial charge is 0.257 e. The Morgan fingerprint density at radius 1 is 1.14 bits per heavy atom. The van der Waals surface area contributed by atoms with E-state index in [1.54, 1.807) is 0 Å². The zero-order valence-electron chi connectivity index (χ0n) is 15.9. The summed E-state index contributed by atoms with van der Waals surface area (Å²) >= 11 is 6.12. The summed E-state index contributed by atoms with van der Waals surface area (Å²) in [6, 6.07) is 14.0. The Morgan fingerprint density at radius 2 is 1.86 bits per heavy atom. The van der Waals surface area contributed by atoms with Gasteiger partial charge in [-0.05, 0) is 36.1 Å². The normalized spacial score (nSPS) is 11.4. The van der Waals surface area contributed by atoms with Gasteiger partial charge in [-0.1, -0.05) is 55.8 Å². The second-order valence-electron chi connectivity index (χ2n) is 6.71. The molecule has 1 amide bonds. The number of ether oxygens (including phenoxy) is 1. The Bertz CT molecular complexity index is 886. The largest absolute Gasteiger partial charge is 0.482 e. The lowest BCUT2D eigenvalue weighted by atomic mass is 10.1.